The summed E-state index contributed by atoms with van der Waals surface area (Å²) < 4.78 is 5.30. The van der Waals surface area contributed by atoms with Gasteiger partial charge in [0.2, 0.25) is 29.5 Å². The number of carbonyl (C=O) groups excluding carboxylic acids is 5. The number of hydrogen-bond acceptors (Lipinski definition) is 8. The van der Waals surface area contributed by atoms with E-state index in [1.165, 1.54) is 26.0 Å². The molecule has 0 aliphatic carbocycles. The van der Waals surface area contributed by atoms with Crippen molar-refractivity contribution in [1.29, 1.82) is 0 Å². The van der Waals surface area contributed by atoms with Crippen molar-refractivity contribution < 1.29 is 38.3 Å². The fourth-order valence-electron chi connectivity index (χ4n) is 5.50. The van der Waals surface area contributed by atoms with Gasteiger partial charge in [-0.3, -0.25) is 28.8 Å². The van der Waals surface area contributed by atoms with E-state index in [1.807, 2.05) is 6.07 Å². The highest BCUT2D eigenvalue weighted by Crippen LogP contribution is 2.21. The van der Waals surface area contributed by atoms with E-state index in [0.717, 1.165) is 16.7 Å². The molecule has 14 nitrogen and oxygen atoms in total. The Hall–Kier alpha value is -6.31. The second kappa shape index (κ2) is 18.8. The van der Waals surface area contributed by atoms with Crippen LogP contribution in [0.15, 0.2) is 94.1 Å². The second-order valence-corrected chi connectivity index (χ2v) is 12.7. The van der Waals surface area contributed by atoms with Crippen LogP contribution < -0.4 is 32.2 Å². The first-order chi connectivity index (χ1) is 25.3. The minimum absolute atomic E-state index is 0.0934. The molecule has 0 radical (unpaired) electrons. The quantitative estimate of drug-likeness (QED) is 0.0882. The van der Waals surface area contributed by atoms with Gasteiger partial charge in [0.25, 0.3) is 0 Å². The third-order valence-electron chi connectivity index (χ3n) is 8.37. The fourth-order valence-corrected chi connectivity index (χ4v) is 5.50. The van der Waals surface area contributed by atoms with Gasteiger partial charge in [-0.15, -0.1) is 0 Å². The maximum atomic E-state index is 13.5. The van der Waals surface area contributed by atoms with Gasteiger partial charge >= 0.3 is 11.6 Å². The van der Waals surface area contributed by atoms with Gasteiger partial charge in [-0.25, -0.2) is 4.79 Å². The number of hydrogen-bond donors (Lipinski definition) is 6. The largest absolute Gasteiger partial charge is 0.481 e. The summed E-state index contributed by atoms with van der Waals surface area (Å²) in [6.07, 6.45) is 0.0302. The van der Waals surface area contributed by atoms with Gasteiger partial charge in [0.15, 0.2) is 0 Å². The van der Waals surface area contributed by atoms with Crippen molar-refractivity contribution in [3.8, 4) is 0 Å². The zero-order valence-corrected chi connectivity index (χ0v) is 29.6. The van der Waals surface area contributed by atoms with Gasteiger partial charge in [0, 0.05) is 48.9 Å². The van der Waals surface area contributed by atoms with Crippen LogP contribution in [0.5, 0.6) is 0 Å². The molecule has 4 atom stereocenters. The first kappa shape index (κ1) is 39.5. The number of aliphatic carboxylic acids is 1. The minimum atomic E-state index is -1.13. The van der Waals surface area contributed by atoms with Crippen LogP contribution in [-0.2, 0) is 41.6 Å². The molecule has 3 aromatic carbocycles. The molecule has 4 rings (SSSR count). The summed E-state index contributed by atoms with van der Waals surface area (Å²) in [5, 5.41) is 22.8. The number of nitrogens with one attached hydrogen (secondary N) is 5. The summed E-state index contributed by atoms with van der Waals surface area (Å²) in [5.41, 5.74) is 2.34. The molecule has 53 heavy (non-hydrogen) atoms. The van der Waals surface area contributed by atoms with E-state index in [1.54, 1.807) is 73.7 Å². The summed E-state index contributed by atoms with van der Waals surface area (Å²) in [7, 11) is 0. The molecule has 0 saturated carbocycles. The number of anilines is 1. The van der Waals surface area contributed by atoms with Crippen LogP contribution in [0.1, 0.15) is 49.8 Å². The van der Waals surface area contributed by atoms with Crippen molar-refractivity contribution >= 4 is 52.2 Å². The molecule has 0 bridgehead atoms. The average molecular weight is 726 g/mol. The van der Waals surface area contributed by atoms with Crippen LogP contribution in [0, 0.1) is 6.92 Å². The number of carboxylic acids is 1. The number of rotatable bonds is 17. The number of fused-ring (bicyclic) bond motifs is 1. The van der Waals surface area contributed by atoms with Crippen molar-refractivity contribution in [3.63, 3.8) is 0 Å². The molecule has 0 aliphatic heterocycles. The van der Waals surface area contributed by atoms with Gasteiger partial charge in [-0.05, 0) is 56.0 Å². The maximum Gasteiger partial charge on any atom is 0.336 e. The molecule has 0 fully saturated rings. The minimum Gasteiger partial charge on any atom is -0.481 e. The Labute approximate surface area is 305 Å². The van der Waals surface area contributed by atoms with E-state index in [2.05, 4.69) is 26.6 Å². The van der Waals surface area contributed by atoms with Crippen molar-refractivity contribution in [2.45, 2.75) is 77.0 Å². The van der Waals surface area contributed by atoms with Gasteiger partial charge in [0.05, 0.1) is 0 Å². The Bertz CT molecular complexity index is 2000. The lowest BCUT2D eigenvalue weighted by Crippen LogP contribution is -2.57. The standard InChI is InChI=1S/C39H43N5O9/c1-23-19-35(48)53-32-22-28(17-18-29(23)32)42-39(52)31(21-27-13-8-5-9-14-27)44-37(50)25(3)40-36(49)24(2)41-38(51)30(20-26-11-6-4-7-12-26)43-33(45)15-10-16-34(46)47/h4-9,11-14,17-19,22,24-25,30-31H,10,15-16,20-21H2,1-3H3,(H,40,49)(H,41,51)(H,42,52)(H,43,45)(H,44,50)(H,46,47)/t24-,25-,30-,31-/m0/s1. The zero-order valence-electron chi connectivity index (χ0n) is 29.6. The highest BCUT2D eigenvalue weighted by Gasteiger charge is 2.28. The van der Waals surface area contributed by atoms with Crippen molar-refractivity contribution in [2.24, 2.45) is 0 Å². The third-order valence-corrected chi connectivity index (χ3v) is 8.37. The van der Waals surface area contributed by atoms with Gasteiger partial charge in [-0.1, -0.05) is 60.7 Å². The van der Waals surface area contributed by atoms with Crippen LogP contribution in [0.2, 0.25) is 0 Å². The Balaban J connectivity index is 1.40. The Morgan fingerprint density at radius 3 is 1.79 bits per heavy atom. The van der Waals surface area contributed by atoms with E-state index in [-0.39, 0.29) is 32.1 Å². The number of aryl methyl sites for hydroxylation is 1. The summed E-state index contributed by atoms with van der Waals surface area (Å²) in [4.78, 5) is 88.7. The van der Waals surface area contributed by atoms with E-state index < -0.39 is 65.3 Å². The topological polar surface area (TPSA) is 213 Å². The molecule has 0 spiro atoms. The predicted octanol–water partition coefficient (Wildman–Crippen LogP) is 2.76. The molecule has 0 saturated heterocycles. The van der Waals surface area contributed by atoms with E-state index >= 15 is 0 Å². The van der Waals surface area contributed by atoms with Crippen molar-refractivity contribution in [3.05, 3.63) is 112 Å². The summed E-state index contributed by atoms with van der Waals surface area (Å²) >= 11 is 0. The summed E-state index contributed by atoms with van der Waals surface area (Å²) in [5.74, 6) is -4.11. The van der Waals surface area contributed by atoms with Crippen LogP contribution in [-0.4, -0.2) is 64.8 Å². The number of benzene rings is 3. The Kier molecular flexibility index (Phi) is 14.0. The van der Waals surface area contributed by atoms with Gasteiger partial charge in [0.1, 0.15) is 29.8 Å². The normalized spacial score (nSPS) is 13.1. The number of carbonyl (C=O) groups is 6. The molecular formula is C39H43N5O9. The average Bonchev–Trinajstić information content (AvgIpc) is 3.11. The third kappa shape index (κ3) is 12.2. The van der Waals surface area contributed by atoms with Crippen LogP contribution in [0.3, 0.4) is 0 Å². The van der Waals surface area contributed by atoms with Gasteiger partial charge < -0.3 is 36.1 Å². The highest BCUT2D eigenvalue weighted by molar-refractivity contribution is 6.00. The molecule has 1 aromatic heterocycles. The number of amides is 5. The first-order valence-corrected chi connectivity index (χ1v) is 17.1. The smallest absolute Gasteiger partial charge is 0.336 e. The molecule has 14 heteroatoms. The lowest BCUT2D eigenvalue weighted by atomic mass is 10.0. The van der Waals surface area contributed by atoms with E-state index in [9.17, 15) is 33.6 Å². The summed E-state index contributed by atoms with van der Waals surface area (Å²) in [6.45, 7) is 4.63. The Morgan fingerprint density at radius 1 is 0.660 bits per heavy atom. The monoisotopic (exact) mass is 725 g/mol. The zero-order chi connectivity index (χ0) is 38.5. The van der Waals surface area contributed by atoms with E-state index in [0.29, 0.717) is 16.7 Å². The molecule has 5 amide bonds. The maximum absolute atomic E-state index is 13.5. The summed E-state index contributed by atoms with van der Waals surface area (Å²) in [6, 6.07) is 19.8. The lowest BCUT2D eigenvalue weighted by molar-refractivity contribution is -0.137. The Morgan fingerprint density at radius 2 is 1.21 bits per heavy atom. The van der Waals surface area contributed by atoms with Crippen LogP contribution in [0.25, 0.3) is 11.0 Å². The molecule has 278 valence electrons. The second-order valence-electron chi connectivity index (χ2n) is 12.7. The number of carboxylic acid groups (broad SMARTS) is 1. The van der Waals surface area contributed by atoms with E-state index in [4.69, 9.17) is 9.52 Å². The van der Waals surface area contributed by atoms with Gasteiger partial charge in [-0.2, -0.15) is 0 Å². The molecule has 0 unspecified atom stereocenters. The molecule has 0 aliphatic rings. The fraction of sp³-hybridized carbons (Fsp3) is 0.308. The highest BCUT2D eigenvalue weighted by atomic mass is 16.4. The first-order valence-electron chi connectivity index (χ1n) is 17.1. The van der Waals surface area contributed by atoms with Crippen LogP contribution >= 0.6 is 0 Å². The van der Waals surface area contributed by atoms with Crippen molar-refractivity contribution in [1.82, 2.24) is 21.3 Å². The predicted molar refractivity (Wildman–Crippen MR) is 197 cm³/mol. The SMILES string of the molecule is Cc1cc(=O)oc2cc(NC(=O)[C@H](Cc3ccccc3)NC(=O)[C@H](C)NC(=O)[C@H](C)NC(=O)[C@H](Cc3ccccc3)NC(=O)CCCC(=O)O)ccc12. The lowest BCUT2D eigenvalue weighted by Gasteiger charge is -2.24. The molecule has 4 aromatic rings. The molecular weight excluding hydrogens is 682 g/mol. The van der Waals surface area contributed by atoms with Crippen LogP contribution in [0.4, 0.5) is 5.69 Å². The molecule has 1 heterocycles. The van der Waals surface area contributed by atoms with Crippen molar-refractivity contribution in [2.75, 3.05) is 5.32 Å². The molecule has 6 N–H and O–H groups in total.